The Morgan fingerprint density at radius 2 is 1.81 bits per heavy atom. The fourth-order valence-electron chi connectivity index (χ4n) is 1.74. The highest BCUT2D eigenvalue weighted by molar-refractivity contribution is 7.89. The van der Waals surface area contributed by atoms with E-state index in [0.717, 1.165) is 0 Å². The number of β-amino-alcohol motifs (C(OH)–C–C–N with tert-alkyl or cyclic N) is 1. The smallest absolute Gasteiger partial charge is 0.214 e. The molecule has 96 valence electrons. The Morgan fingerprint density at radius 3 is 2.31 bits per heavy atom. The van der Waals surface area contributed by atoms with Gasteiger partial charge in [0, 0.05) is 32.7 Å². The Balaban J connectivity index is 2.40. The predicted molar refractivity (Wildman–Crippen MR) is 59.5 cm³/mol. The van der Waals surface area contributed by atoms with Crippen molar-refractivity contribution in [2.45, 2.75) is 6.42 Å². The number of hydrogen-bond donors (Lipinski definition) is 1. The fraction of sp³-hybridized carbons (Fsp3) is 1.00. The van der Waals surface area contributed by atoms with Gasteiger partial charge in [-0.2, -0.15) is 4.31 Å². The summed E-state index contributed by atoms with van der Waals surface area (Å²) in [5, 5.41) is 8.75. The lowest BCUT2D eigenvalue weighted by Crippen LogP contribution is -2.49. The van der Waals surface area contributed by atoms with Gasteiger partial charge in [-0.15, -0.1) is 0 Å². The van der Waals surface area contributed by atoms with E-state index in [0.29, 0.717) is 32.7 Å². The lowest BCUT2D eigenvalue weighted by atomic mass is 10.4. The summed E-state index contributed by atoms with van der Waals surface area (Å²) in [6.45, 7) is 2.23. The number of nitrogens with zero attached hydrogens (tertiary/aromatic N) is 2. The van der Waals surface area contributed by atoms with Crippen molar-refractivity contribution in [1.29, 1.82) is 0 Å². The molecule has 1 heterocycles. The van der Waals surface area contributed by atoms with E-state index in [4.69, 9.17) is 5.11 Å². The van der Waals surface area contributed by atoms with Gasteiger partial charge in [0.25, 0.3) is 0 Å². The van der Waals surface area contributed by atoms with E-state index in [1.807, 2.05) is 4.90 Å². The van der Waals surface area contributed by atoms with Crippen LogP contribution in [0.15, 0.2) is 0 Å². The van der Waals surface area contributed by atoms with Gasteiger partial charge < -0.3 is 5.11 Å². The second-order valence-electron chi connectivity index (χ2n) is 3.82. The van der Waals surface area contributed by atoms with Crippen LogP contribution in [-0.4, -0.2) is 74.5 Å². The number of halogens is 1. The standard InChI is InChI=1S/C9H19FN2O3S/c10-2-1-9-16(14,15)12-5-3-11(4-6-12)7-8-13/h13H,1-9H2. The van der Waals surface area contributed by atoms with E-state index in [9.17, 15) is 12.8 Å². The Morgan fingerprint density at radius 1 is 1.19 bits per heavy atom. The van der Waals surface area contributed by atoms with Gasteiger partial charge in [0.15, 0.2) is 0 Å². The number of alkyl halides is 1. The van der Waals surface area contributed by atoms with E-state index in [2.05, 4.69) is 0 Å². The van der Waals surface area contributed by atoms with E-state index in [1.165, 1.54) is 4.31 Å². The largest absolute Gasteiger partial charge is 0.395 e. The van der Waals surface area contributed by atoms with Crippen molar-refractivity contribution in [2.24, 2.45) is 0 Å². The predicted octanol–water partition coefficient (Wildman–Crippen LogP) is -0.714. The first-order chi connectivity index (χ1) is 7.60. The molecule has 0 aromatic carbocycles. The van der Waals surface area contributed by atoms with Gasteiger partial charge in [-0.05, 0) is 6.42 Å². The minimum Gasteiger partial charge on any atom is -0.395 e. The maximum Gasteiger partial charge on any atom is 0.214 e. The van der Waals surface area contributed by atoms with Crippen LogP contribution in [0, 0.1) is 0 Å². The van der Waals surface area contributed by atoms with Gasteiger partial charge in [-0.1, -0.05) is 0 Å². The van der Waals surface area contributed by atoms with Crippen LogP contribution in [0.1, 0.15) is 6.42 Å². The van der Waals surface area contributed by atoms with E-state index in [1.54, 1.807) is 0 Å². The fourth-order valence-corrected chi connectivity index (χ4v) is 3.19. The van der Waals surface area contributed by atoms with Gasteiger partial charge >= 0.3 is 0 Å². The number of sulfonamides is 1. The van der Waals surface area contributed by atoms with Crippen molar-refractivity contribution in [3.8, 4) is 0 Å². The summed E-state index contributed by atoms with van der Waals surface area (Å²) < 4.78 is 36.7. The SMILES string of the molecule is O=S(=O)(CCCF)N1CCN(CCO)CC1. The van der Waals surface area contributed by atoms with Crippen molar-refractivity contribution in [1.82, 2.24) is 9.21 Å². The first kappa shape index (κ1) is 13.8. The third-order valence-electron chi connectivity index (χ3n) is 2.68. The molecule has 0 saturated carbocycles. The Bertz CT molecular complexity index is 289. The van der Waals surface area contributed by atoms with Crippen molar-refractivity contribution in [3.05, 3.63) is 0 Å². The molecule has 0 spiro atoms. The van der Waals surface area contributed by atoms with Crippen LogP contribution in [0.25, 0.3) is 0 Å². The number of rotatable bonds is 6. The highest BCUT2D eigenvalue weighted by atomic mass is 32.2. The summed E-state index contributed by atoms with van der Waals surface area (Å²) in [6, 6.07) is 0. The Labute approximate surface area is 95.9 Å². The maximum atomic E-state index is 11.9. The Hall–Kier alpha value is -0.240. The molecule has 0 aliphatic carbocycles. The number of hydrogen-bond acceptors (Lipinski definition) is 4. The third-order valence-corrected chi connectivity index (χ3v) is 4.63. The summed E-state index contributed by atoms with van der Waals surface area (Å²) in [7, 11) is -3.28. The number of aliphatic hydroxyl groups excluding tert-OH is 1. The van der Waals surface area contributed by atoms with Gasteiger partial charge in [0.1, 0.15) is 0 Å². The molecule has 1 rings (SSSR count). The van der Waals surface area contributed by atoms with Crippen LogP contribution >= 0.6 is 0 Å². The second kappa shape index (κ2) is 6.48. The van der Waals surface area contributed by atoms with Gasteiger partial charge in [0.2, 0.25) is 10.0 Å². The van der Waals surface area contributed by atoms with Gasteiger partial charge in [0.05, 0.1) is 19.0 Å². The molecule has 0 radical (unpaired) electrons. The van der Waals surface area contributed by atoms with E-state index >= 15 is 0 Å². The second-order valence-corrected chi connectivity index (χ2v) is 5.91. The number of aliphatic hydroxyl groups is 1. The van der Waals surface area contributed by atoms with Crippen molar-refractivity contribution < 1.29 is 17.9 Å². The molecule has 16 heavy (non-hydrogen) atoms. The van der Waals surface area contributed by atoms with Crippen molar-refractivity contribution >= 4 is 10.0 Å². The third kappa shape index (κ3) is 3.97. The molecule has 0 amide bonds. The summed E-state index contributed by atoms with van der Waals surface area (Å²) in [5.41, 5.74) is 0. The lowest BCUT2D eigenvalue weighted by molar-refractivity contribution is 0.151. The molecule has 0 bridgehead atoms. The summed E-state index contributed by atoms with van der Waals surface area (Å²) in [6.07, 6.45) is 0.0686. The van der Waals surface area contributed by atoms with Crippen LogP contribution in [0.3, 0.4) is 0 Å². The zero-order valence-electron chi connectivity index (χ0n) is 9.31. The average Bonchev–Trinajstić information content (AvgIpc) is 2.28. The molecule has 0 atom stereocenters. The molecule has 0 aromatic rings. The Kier molecular flexibility index (Phi) is 5.60. The zero-order valence-corrected chi connectivity index (χ0v) is 10.1. The highest BCUT2D eigenvalue weighted by Crippen LogP contribution is 2.08. The molecular weight excluding hydrogens is 235 g/mol. The summed E-state index contributed by atoms with van der Waals surface area (Å²) in [5.74, 6) is -0.108. The van der Waals surface area contributed by atoms with Crippen LogP contribution in [0.4, 0.5) is 4.39 Å². The maximum absolute atomic E-state index is 11.9. The summed E-state index contributed by atoms with van der Waals surface area (Å²) in [4.78, 5) is 2.02. The molecule has 1 fully saturated rings. The molecule has 1 N–H and O–H groups in total. The van der Waals surface area contributed by atoms with Gasteiger partial charge in [-0.25, -0.2) is 8.42 Å². The number of piperazine rings is 1. The quantitative estimate of drug-likeness (QED) is 0.680. The zero-order chi connectivity index (χ0) is 12.0. The van der Waals surface area contributed by atoms with E-state index < -0.39 is 16.7 Å². The van der Waals surface area contributed by atoms with E-state index in [-0.39, 0.29) is 18.8 Å². The summed E-state index contributed by atoms with van der Waals surface area (Å²) >= 11 is 0. The van der Waals surface area contributed by atoms with Crippen molar-refractivity contribution in [3.63, 3.8) is 0 Å². The first-order valence-electron chi connectivity index (χ1n) is 5.47. The highest BCUT2D eigenvalue weighted by Gasteiger charge is 2.25. The molecule has 7 heteroatoms. The van der Waals surface area contributed by atoms with Gasteiger partial charge in [-0.3, -0.25) is 9.29 Å². The molecule has 5 nitrogen and oxygen atoms in total. The topological polar surface area (TPSA) is 60.9 Å². The minimum absolute atomic E-state index is 0.0686. The first-order valence-corrected chi connectivity index (χ1v) is 7.08. The van der Waals surface area contributed by atoms with Crippen LogP contribution < -0.4 is 0 Å². The molecular formula is C9H19FN2O3S. The van der Waals surface area contributed by atoms with Crippen molar-refractivity contribution in [2.75, 3.05) is 51.8 Å². The molecule has 1 aliphatic rings. The minimum atomic E-state index is -3.28. The van der Waals surface area contributed by atoms with Crippen LogP contribution in [0.2, 0.25) is 0 Å². The molecule has 0 unspecified atom stereocenters. The van der Waals surface area contributed by atoms with Crippen LogP contribution in [-0.2, 0) is 10.0 Å². The average molecular weight is 254 g/mol. The molecule has 0 aromatic heterocycles. The normalized spacial score (nSPS) is 20.1. The lowest BCUT2D eigenvalue weighted by Gasteiger charge is -2.33. The molecule has 1 aliphatic heterocycles. The monoisotopic (exact) mass is 254 g/mol. The molecule has 1 saturated heterocycles. The van der Waals surface area contributed by atoms with Crippen LogP contribution in [0.5, 0.6) is 0 Å².